The molecular formula is C50H90NO10P. The van der Waals surface area contributed by atoms with E-state index in [4.69, 9.17) is 24.8 Å². The fourth-order valence-corrected chi connectivity index (χ4v) is 7.43. The number of unbranched alkanes of at least 4 members (excludes halogenated alkanes) is 24. The van der Waals surface area contributed by atoms with Gasteiger partial charge < -0.3 is 25.2 Å². The predicted octanol–water partition coefficient (Wildman–Crippen LogP) is 13.7. The van der Waals surface area contributed by atoms with Crippen molar-refractivity contribution in [3.8, 4) is 0 Å². The monoisotopic (exact) mass is 896 g/mol. The number of carboxylic acid groups (broad SMARTS) is 1. The normalized spacial score (nSPS) is 14.0. The molecule has 0 saturated carbocycles. The number of carbonyl (C=O) groups excluding carboxylic acids is 2. The zero-order valence-electron chi connectivity index (χ0n) is 39.2. The van der Waals surface area contributed by atoms with Gasteiger partial charge in [0.2, 0.25) is 0 Å². The zero-order valence-corrected chi connectivity index (χ0v) is 40.1. The second kappa shape index (κ2) is 45.0. The van der Waals surface area contributed by atoms with Crippen molar-refractivity contribution >= 4 is 25.7 Å². The van der Waals surface area contributed by atoms with Gasteiger partial charge in [-0.05, 0) is 77.0 Å². The minimum Gasteiger partial charge on any atom is -0.480 e. The molecule has 0 aromatic heterocycles. The predicted molar refractivity (Wildman–Crippen MR) is 254 cm³/mol. The van der Waals surface area contributed by atoms with Gasteiger partial charge in [-0.3, -0.25) is 23.4 Å². The van der Waals surface area contributed by atoms with Crippen LogP contribution in [0.4, 0.5) is 0 Å². The molecule has 0 rings (SSSR count). The van der Waals surface area contributed by atoms with E-state index in [0.29, 0.717) is 12.8 Å². The van der Waals surface area contributed by atoms with Crippen molar-refractivity contribution < 1.29 is 47.5 Å². The van der Waals surface area contributed by atoms with Crippen molar-refractivity contribution in [2.24, 2.45) is 5.73 Å². The Balaban J connectivity index is 4.28. The molecule has 0 heterocycles. The summed E-state index contributed by atoms with van der Waals surface area (Å²) in [5.41, 5.74) is 5.35. The molecule has 0 bridgehead atoms. The molecule has 0 aromatic carbocycles. The number of carbonyl (C=O) groups is 3. The third-order valence-electron chi connectivity index (χ3n) is 10.5. The van der Waals surface area contributed by atoms with Crippen LogP contribution in [0.1, 0.15) is 219 Å². The second-order valence-electron chi connectivity index (χ2n) is 16.6. The highest BCUT2D eigenvalue weighted by atomic mass is 31.2. The molecule has 0 aliphatic heterocycles. The lowest BCUT2D eigenvalue weighted by Gasteiger charge is -2.20. The van der Waals surface area contributed by atoms with Gasteiger partial charge in [0.1, 0.15) is 12.6 Å². The van der Waals surface area contributed by atoms with Crippen molar-refractivity contribution in [2.45, 2.75) is 231 Å². The number of esters is 2. The number of phosphoric ester groups is 1. The molecule has 360 valence electrons. The quantitative estimate of drug-likeness (QED) is 0.0230. The Labute approximate surface area is 377 Å². The van der Waals surface area contributed by atoms with E-state index in [-0.39, 0.29) is 19.4 Å². The number of phosphoric acid groups is 1. The lowest BCUT2D eigenvalue weighted by Crippen LogP contribution is -2.34. The number of nitrogens with two attached hydrogens (primary N) is 1. The SMILES string of the molecule is CCCCC/C=C\C/C=C\CCCCCCCCCCCC(=O)OCC(COP(=O)(O)OCC(N)C(=O)O)OC(=O)CCCCCCCCCCC/C=C\C/C=C\CCCCC. The van der Waals surface area contributed by atoms with Crippen molar-refractivity contribution in [1.29, 1.82) is 0 Å². The molecule has 0 aliphatic rings. The summed E-state index contributed by atoms with van der Waals surface area (Å²) >= 11 is 0. The highest BCUT2D eigenvalue weighted by Gasteiger charge is 2.28. The molecule has 0 spiro atoms. The van der Waals surface area contributed by atoms with E-state index < -0.39 is 51.1 Å². The molecule has 62 heavy (non-hydrogen) atoms. The Bertz CT molecular complexity index is 1240. The van der Waals surface area contributed by atoms with Gasteiger partial charge in [-0.15, -0.1) is 0 Å². The summed E-state index contributed by atoms with van der Waals surface area (Å²) in [5.74, 6) is -2.38. The van der Waals surface area contributed by atoms with E-state index in [1.807, 2.05) is 0 Å². The first kappa shape index (κ1) is 59.4. The van der Waals surface area contributed by atoms with Crippen LogP contribution in [-0.4, -0.2) is 59.9 Å². The molecule has 3 atom stereocenters. The maximum Gasteiger partial charge on any atom is 0.472 e. The van der Waals surface area contributed by atoms with Gasteiger partial charge in [-0.1, -0.05) is 178 Å². The molecule has 0 radical (unpaired) electrons. The molecule has 0 aliphatic carbocycles. The summed E-state index contributed by atoms with van der Waals surface area (Å²) in [6.07, 6.45) is 51.6. The second-order valence-corrected chi connectivity index (χ2v) is 18.0. The molecule has 0 fully saturated rings. The Morgan fingerprint density at radius 3 is 1.26 bits per heavy atom. The number of hydrogen-bond donors (Lipinski definition) is 3. The topological polar surface area (TPSA) is 172 Å². The van der Waals surface area contributed by atoms with E-state index >= 15 is 0 Å². The van der Waals surface area contributed by atoms with Gasteiger partial charge in [-0.25, -0.2) is 4.57 Å². The fraction of sp³-hybridized carbons (Fsp3) is 0.780. The summed E-state index contributed by atoms with van der Waals surface area (Å²) in [5, 5.41) is 8.91. The van der Waals surface area contributed by atoms with Crippen LogP contribution >= 0.6 is 7.82 Å². The van der Waals surface area contributed by atoms with Crippen molar-refractivity contribution in [3.63, 3.8) is 0 Å². The summed E-state index contributed by atoms with van der Waals surface area (Å²) < 4.78 is 32.8. The Morgan fingerprint density at radius 2 is 0.855 bits per heavy atom. The van der Waals surface area contributed by atoms with Crippen LogP contribution in [0.15, 0.2) is 48.6 Å². The van der Waals surface area contributed by atoms with E-state index in [1.165, 1.54) is 116 Å². The minimum atomic E-state index is -4.72. The minimum absolute atomic E-state index is 0.155. The zero-order chi connectivity index (χ0) is 45.6. The highest BCUT2D eigenvalue weighted by molar-refractivity contribution is 7.47. The van der Waals surface area contributed by atoms with Gasteiger partial charge in [-0.2, -0.15) is 0 Å². The van der Waals surface area contributed by atoms with Gasteiger partial charge in [0.15, 0.2) is 6.10 Å². The standard InChI is InChI=1S/C50H90NO10P/c1-3-5-7-9-11-13-15-17-19-21-23-25-27-29-31-33-35-37-39-41-48(52)58-43-46(44-59-62(56,57)60-45-47(51)50(54)55)61-49(53)42-40-38-36-34-32-30-28-26-24-22-20-18-16-14-12-10-8-6-4-2/h11-14,17-20,46-47H,3-10,15-16,21-45,51H2,1-2H3,(H,54,55)(H,56,57)/b13-11-,14-12-,19-17-,20-18-. The van der Waals surface area contributed by atoms with Crippen LogP contribution in [0, 0.1) is 0 Å². The molecule has 4 N–H and O–H groups in total. The van der Waals surface area contributed by atoms with Gasteiger partial charge in [0.25, 0.3) is 0 Å². The highest BCUT2D eigenvalue weighted by Crippen LogP contribution is 2.43. The van der Waals surface area contributed by atoms with E-state index in [1.54, 1.807) is 0 Å². The molecule has 11 nitrogen and oxygen atoms in total. The number of aliphatic carboxylic acids is 1. The Kier molecular flexibility index (Phi) is 43.2. The molecule has 0 saturated heterocycles. The maximum atomic E-state index is 12.7. The molecule has 3 unspecified atom stereocenters. The van der Waals surface area contributed by atoms with E-state index in [2.05, 4.69) is 67.0 Å². The van der Waals surface area contributed by atoms with Crippen molar-refractivity contribution in [3.05, 3.63) is 48.6 Å². The molecule has 0 amide bonds. The first-order valence-electron chi connectivity index (χ1n) is 24.7. The number of hydrogen-bond acceptors (Lipinski definition) is 9. The van der Waals surface area contributed by atoms with Crippen molar-refractivity contribution in [1.82, 2.24) is 0 Å². The number of allylic oxidation sites excluding steroid dienone is 8. The lowest BCUT2D eigenvalue weighted by molar-refractivity contribution is -0.161. The first-order chi connectivity index (χ1) is 30.1. The Hall–Kier alpha value is -2.56. The largest absolute Gasteiger partial charge is 0.480 e. The molecule has 0 aromatic rings. The van der Waals surface area contributed by atoms with Crippen LogP contribution in [-0.2, 0) is 37.5 Å². The number of rotatable bonds is 46. The van der Waals surface area contributed by atoms with Gasteiger partial charge in [0.05, 0.1) is 13.2 Å². The number of ether oxygens (including phenoxy) is 2. The van der Waals surface area contributed by atoms with E-state index in [0.717, 1.165) is 64.2 Å². The van der Waals surface area contributed by atoms with Crippen LogP contribution in [0.2, 0.25) is 0 Å². The van der Waals surface area contributed by atoms with Crippen LogP contribution in [0.25, 0.3) is 0 Å². The summed E-state index contributed by atoms with van der Waals surface area (Å²) in [4.78, 5) is 46.1. The summed E-state index contributed by atoms with van der Waals surface area (Å²) in [7, 11) is -4.72. The summed E-state index contributed by atoms with van der Waals surface area (Å²) in [6, 6.07) is -1.52. The number of carboxylic acids is 1. The maximum absolute atomic E-state index is 12.7. The molecule has 12 heteroatoms. The lowest BCUT2D eigenvalue weighted by atomic mass is 10.1. The third-order valence-corrected chi connectivity index (χ3v) is 11.5. The van der Waals surface area contributed by atoms with Crippen LogP contribution in [0.3, 0.4) is 0 Å². The average molecular weight is 896 g/mol. The first-order valence-corrected chi connectivity index (χ1v) is 26.2. The molecular weight excluding hydrogens is 806 g/mol. The fourth-order valence-electron chi connectivity index (χ4n) is 6.66. The summed E-state index contributed by atoms with van der Waals surface area (Å²) in [6.45, 7) is 2.77. The van der Waals surface area contributed by atoms with Gasteiger partial charge >= 0.3 is 25.7 Å². The average Bonchev–Trinajstić information content (AvgIpc) is 3.25. The van der Waals surface area contributed by atoms with Crippen LogP contribution in [0.5, 0.6) is 0 Å². The van der Waals surface area contributed by atoms with Crippen LogP contribution < -0.4 is 5.73 Å². The van der Waals surface area contributed by atoms with Gasteiger partial charge in [0, 0.05) is 12.8 Å². The van der Waals surface area contributed by atoms with Crippen molar-refractivity contribution in [2.75, 3.05) is 19.8 Å². The Morgan fingerprint density at radius 1 is 0.500 bits per heavy atom. The third kappa shape index (κ3) is 44.1. The van der Waals surface area contributed by atoms with E-state index in [9.17, 15) is 23.8 Å². The smallest absolute Gasteiger partial charge is 0.472 e.